The summed E-state index contributed by atoms with van der Waals surface area (Å²) in [6.07, 6.45) is -5.37. The zero-order chi connectivity index (χ0) is 14.3. The van der Waals surface area contributed by atoms with E-state index >= 15 is 0 Å². The average molecular weight is 297 g/mol. The first kappa shape index (κ1) is 14.3. The Bertz CT molecular complexity index is 490. The number of benzene rings is 1. The van der Waals surface area contributed by atoms with Crippen LogP contribution in [-0.4, -0.2) is 24.5 Å². The van der Waals surface area contributed by atoms with Gasteiger partial charge in [0.2, 0.25) is 0 Å². The molecular weight excluding hydrogens is 285 g/mol. The molecule has 2 rings (SSSR count). The van der Waals surface area contributed by atoms with E-state index in [4.69, 9.17) is 21.1 Å². The normalized spacial score (nSPS) is 18.0. The zero-order valence-electron chi connectivity index (χ0n) is 10.1. The molecule has 1 heterocycles. The Balaban J connectivity index is 2.55. The third kappa shape index (κ3) is 2.34. The van der Waals surface area contributed by atoms with Gasteiger partial charge >= 0.3 is 6.18 Å². The third-order valence-corrected chi connectivity index (χ3v) is 3.37. The van der Waals surface area contributed by atoms with Gasteiger partial charge in [0.1, 0.15) is 13.2 Å². The number of hydrogen-bond acceptors (Lipinski definition) is 3. The highest BCUT2D eigenvalue weighted by atomic mass is 35.5. The molecule has 1 unspecified atom stereocenters. The smallest absolute Gasteiger partial charge is 0.421 e. The highest BCUT2D eigenvalue weighted by Gasteiger charge is 2.54. The molecule has 0 radical (unpaired) electrons. The first-order chi connectivity index (χ1) is 8.79. The Labute approximate surface area is 112 Å². The minimum absolute atomic E-state index is 0.154. The maximum atomic E-state index is 13.0. The summed E-state index contributed by atoms with van der Waals surface area (Å²) < 4.78 is 49.5. The maximum Gasteiger partial charge on any atom is 0.421 e. The average Bonchev–Trinajstić information content (AvgIpc) is 2.35. The topological polar surface area (TPSA) is 38.7 Å². The Hall–Kier alpha value is -1.14. The molecule has 19 heavy (non-hydrogen) atoms. The number of halogens is 4. The lowest BCUT2D eigenvalue weighted by Gasteiger charge is -2.31. The van der Waals surface area contributed by atoms with Crippen molar-refractivity contribution in [3.63, 3.8) is 0 Å². The Morgan fingerprint density at radius 2 is 1.74 bits per heavy atom. The predicted octanol–water partition coefficient (Wildman–Crippen LogP) is 3.27. The second-order valence-electron chi connectivity index (χ2n) is 4.19. The number of fused-ring (bicyclic) bond motifs is 1. The number of alkyl halides is 3. The number of aliphatic hydroxyl groups is 1. The lowest BCUT2D eigenvalue weighted by atomic mass is 9.90. The van der Waals surface area contributed by atoms with Gasteiger partial charge in [-0.05, 0) is 12.5 Å². The van der Waals surface area contributed by atoms with Crippen molar-refractivity contribution in [2.24, 2.45) is 0 Å². The van der Waals surface area contributed by atoms with E-state index in [2.05, 4.69) is 0 Å². The molecule has 0 fully saturated rings. The quantitative estimate of drug-likeness (QED) is 0.910. The number of ether oxygens (including phenoxy) is 2. The molecule has 1 N–H and O–H groups in total. The van der Waals surface area contributed by atoms with Crippen LogP contribution in [0.15, 0.2) is 12.1 Å². The fraction of sp³-hybridized carbons (Fsp3) is 0.500. The lowest BCUT2D eigenvalue weighted by Crippen LogP contribution is -2.42. The molecule has 3 nitrogen and oxygen atoms in total. The van der Waals surface area contributed by atoms with Crippen molar-refractivity contribution in [3.05, 3.63) is 22.7 Å². The van der Waals surface area contributed by atoms with Gasteiger partial charge in [-0.25, -0.2) is 0 Å². The van der Waals surface area contributed by atoms with Crippen molar-refractivity contribution in [1.82, 2.24) is 0 Å². The summed E-state index contributed by atoms with van der Waals surface area (Å²) in [6.45, 7) is 1.78. The van der Waals surface area contributed by atoms with Crippen LogP contribution in [0.4, 0.5) is 13.2 Å². The largest absolute Gasteiger partial charge is 0.486 e. The first-order valence-corrected chi connectivity index (χ1v) is 6.06. The zero-order valence-corrected chi connectivity index (χ0v) is 10.8. The molecule has 0 saturated carbocycles. The number of hydrogen-bond donors (Lipinski definition) is 1. The van der Waals surface area contributed by atoms with Crippen molar-refractivity contribution < 1.29 is 27.8 Å². The fourth-order valence-corrected chi connectivity index (χ4v) is 2.23. The van der Waals surface area contributed by atoms with E-state index in [0.717, 1.165) is 6.07 Å². The highest BCUT2D eigenvalue weighted by molar-refractivity contribution is 6.31. The molecular formula is C12H12ClF3O3. The molecule has 0 saturated heterocycles. The second-order valence-corrected chi connectivity index (χ2v) is 4.59. The summed E-state index contributed by atoms with van der Waals surface area (Å²) in [5.41, 5.74) is -3.42. The van der Waals surface area contributed by atoms with Crippen LogP contribution in [0.25, 0.3) is 0 Å². The van der Waals surface area contributed by atoms with E-state index in [-0.39, 0.29) is 23.1 Å². The third-order valence-electron chi connectivity index (χ3n) is 3.06. The van der Waals surface area contributed by atoms with Gasteiger partial charge in [-0.1, -0.05) is 18.5 Å². The lowest BCUT2D eigenvalue weighted by molar-refractivity contribution is -0.267. The van der Waals surface area contributed by atoms with Crippen LogP contribution >= 0.6 is 11.6 Å². The molecule has 0 bridgehead atoms. The fourth-order valence-electron chi connectivity index (χ4n) is 1.92. The van der Waals surface area contributed by atoms with Crippen LogP contribution < -0.4 is 9.47 Å². The standard InChI is InChI=1S/C12H12ClF3O3/c1-2-11(17,12(14,15)16)7-5-9-10(6-8(7)13)19-4-3-18-9/h5-6,17H,2-4H2,1H3. The molecule has 0 amide bonds. The maximum absolute atomic E-state index is 13.0. The SMILES string of the molecule is CCC(O)(c1cc2c(cc1Cl)OCCO2)C(F)(F)F. The minimum atomic E-state index is -4.82. The molecule has 0 spiro atoms. The Morgan fingerprint density at radius 1 is 1.21 bits per heavy atom. The van der Waals surface area contributed by atoms with Gasteiger partial charge in [0.05, 0.1) is 5.02 Å². The van der Waals surface area contributed by atoms with E-state index in [0.29, 0.717) is 6.61 Å². The first-order valence-electron chi connectivity index (χ1n) is 5.68. The summed E-state index contributed by atoms with van der Waals surface area (Å²) in [4.78, 5) is 0. The van der Waals surface area contributed by atoms with Gasteiger partial charge < -0.3 is 14.6 Å². The summed E-state index contributed by atoms with van der Waals surface area (Å²) >= 11 is 5.83. The Morgan fingerprint density at radius 3 is 2.21 bits per heavy atom. The summed E-state index contributed by atoms with van der Waals surface area (Å²) in [5, 5.41) is 9.70. The van der Waals surface area contributed by atoms with Crippen LogP contribution in [0.5, 0.6) is 11.5 Å². The van der Waals surface area contributed by atoms with Crippen LogP contribution in [0.3, 0.4) is 0 Å². The molecule has 1 aromatic carbocycles. The molecule has 7 heteroatoms. The Kier molecular flexibility index (Phi) is 3.57. The van der Waals surface area contributed by atoms with Crippen molar-refractivity contribution in [3.8, 4) is 11.5 Å². The van der Waals surface area contributed by atoms with E-state index in [9.17, 15) is 18.3 Å². The van der Waals surface area contributed by atoms with E-state index in [1.165, 1.54) is 13.0 Å². The van der Waals surface area contributed by atoms with Gasteiger partial charge in [-0.3, -0.25) is 0 Å². The molecule has 1 aliphatic rings. The van der Waals surface area contributed by atoms with E-state index in [1.807, 2.05) is 0 Å². The van der Waals surface area contributed by atoms with Crippen LogP contribution in [0.2, 0.25) is 5.02 Å². The predicted molar refractivity (Wildman–Crippen MR) is 62.7 cm³/mol. The van der Waals surface area contributed by atoms with Crippen molar-refractivity contribution >= 4 is 11.6 Å². The molecule has 0 aliphatic carbocycles. The van der Waals surface area contributed by atoms with Gasteiger partial charge in [0, 0.05) is 11.6 Å². The monoisotopic (exact) mass is 296 g/mol. The van der Waals surface area contributed by atoms with Gasteiger partial charge in [0.25, 0.3) is 0 Å². The minimum Gasteiger partial charge on any atom is -0.486 e. The van der Waals surface area contributed by atoms with Crippen molar-refractivity contribution in [1.29, 1.82) is 0 Å². The van der Waals surface area contributed by atoms with Crippen LogP contribution in [-0.2, 0) is 5.60 Å². The molecule has 1 aromatic rings. The van der Waals surface area contributed by atoms with Crippen molar-refractivity contribution in [2.45, 2.75) is 25.1 Å². The molecule has 0 aromatic heterocycles. The van der Waals surface area contributed by atoms with E-state index < -0.39 is 23.8 Å². The highest BCUT2D eigenvalue weighted by Crippen LogP contribution is 2.47. The van der Waals surface area contributed by atoms with Crippen molar-refractivity contribution in [2.75, 3.05) is 13.2 Å². The number of rotatable bonds is 2. The molecule has 1 atom stereocenters. The van der Waals surface area contributed by atoms with Gasteiger partial charge in [0.15, 0.2) is 17.1 Å². The summed E-state index contributed by atoms with van der Waals surface area (Å²) in [5.74, 6) is 0.433. The summed E-state index contributed by atoms with van der Waals surface area (Å²) in [6, 6.07) is 2.32. The van der Waals surface area contributed by atoms with Crippen LogP contribution in [0, 0.1) is 0 Å². The van der Waals surface area contributed by atoms with Gasteiger partial charge in [-0.15, -0.1) is 0 Å². The van der Waals surface area contributed by atoms with E-state index in [1.54, 1.807) is 0 Å². The summed E-state index contributed by atoms with van der Waals surface area (Å²) in [7, 11) is 0. The second kappa shape index (κ2) is 4.76. The van der Waals surface area contributed by atoms with Crippen LogP contribution in [0.1, 0.15) is 18.9 Å². The molecule has 1 aliphatic heterocycles. The molecule has 106 valence electrons. The van der Waals surface area contributed by atoms with Gasteiger partial charge in [-0.2, -0.15) is 13.2 Å².